The number of amides is 1. The van der Waals surface area contributed by atoms with Crippen molar-refractivity contribution in [3.05, 3.63) is 53.0 Å². The van der Waals surface area contributed by atoms with Gasteiger partial charge >= 0.3 is 6.18 Å². The lowest BCUT2D eigenvalue weighted by Crippen LogP contribution is -2.26. The summed E-state index contributed by atoms with van der Waals surface area (Å²) in [6.07, 6.45) is -0.174. The molecule has 0 spiro atoms. The van der Waals surface area contributed by atoms with Crippen molar-refractivity contribution in [2.45, 2.75) is 43.4 Å². The third-order valence-corrected chi connectivity index (χ3v) is 7.37. The summed E-state index contributed by atoms with van der Waals surface area (Å²) in [6.45, 7) is 1.39. The van der Waals surface area contributed by atoms with E-state index in [1.807, 2.05) is 0 Å². The first-order valence-electron chi connectivity index (χ1n) is 9.73. The Morgan fingerprint density at radius 3 is 2.61 bits per heavy atom. The number of imidazole rings is 1. The van der Waals surface area contributed by atoms with Crippen molar-refractivity contribution in [3.8, 4) is 0 Å². The van der Waals surface area contributed by atoms with Crippen LogP contribution in [0.4, 0.5) is 19.0 Å². The van der Waals surface area contributed by atoms with E-state index in [0.717, 1.165) is 34.9 Å². The van der Waals surface area contributed by atoms with Gasteiger partial charge in [-0.05, 0) is 42.5 Å². The molecule has 31 heavy (non-hydrogen) atoms. The Morgan fingerprint density at radius 1 is 1.23 bits per heavy atom. The first-order valence-corrected chi connectivity index (χ1v) is 11.4. The molecule has 1 fully saturated rings. The van der Waals surface area contributed by atoms with E-state index >= 15 is 0 Å². The number of hydrogen-bond donors (Lipinski definition) is 0. The predicted molar refractivity (Wildman–Crippen MR) is 105 cm³/mol. The molecular formula is C20H17F3N4O3S. The minimum Gasteiger partial charge on any atom is -0.288 e. The van der Waals surface area contributed by atoms with E-state index in [9.17, 15) is 26.4 Å². The van der Waals surface area contributed by atoms with Gasteiger partial charge in [0.15, 0.2) is 20.7 Å². The normalized spacial score (nSPS) is 16.9. The predicted octanol–water partition coefficient (Wildman–Crippen LogP) is 3.58. The SMILES string of the molecule is CCS(=O)(=O)c1c(N2Cc3ncc(C4CC4)cc3C2=O)nc2ccc(C(F)(F)F)cn12. The quantitative estimate of drug-likeness (QED) is 0.607. The van der Waals surface area contributed by atoms with E-state index in [1.54, 1.807) is 12.3 Å². The van der Waals surface area contributed by atoms with Crippen LogP contribution in [0.1, 0.15) is 52.9 Å². The van der Waals surface area contributed by atoms with Gasteiger partial charge in [-0.15, -0.1) is 0 Å². The number of carbonyl (C=O) groups excluding carboxylic acids is 1. The fraction of sp³-hybridized carbons (Fsp3) is 0.350. The highest BCUT2D eigenvalue weighted by molar-refractivity contribution is 7.91. The Balaban J connectivity index is 1.67. The molecule has 0 radical (unpaired) electrons. The maximum Gasteiger partial charge on any atom is 0.417 e. The van der Waals surface area contributed by atoms with Crippen molar-refractivity contribution in [1.29, 1.82) is 0 Å². The largest absolute Gasteiger partial charge is 0.417 e. The average Bonchev–Trinajstić information content (AvgIpc) is 3.42. The van der Waals surface area contributed by atoms with Crippen LogP contribution in [0.25, 0.3) is 5.65 Å². The molecule has 162 valence electrons. The highest BCUT2D eigenvalue weighted by Gasteiger charge is 2.38. The van der Waals surface area contributed by atoms with Gasteiger partial charge in [0.05, 0.1) is 29.1 Å². The molecule has 4 heterocycles. The molecular weight excluding hydrogens is 433 g/mol. The highest BCUT2D eigenvalue weighted by atomic mass is 32.2. The second-order valence-corrected chi connectivity index (χ2v) is 9.91. The summed E-state index contributed by atoms with van der Waals surface area (Å²) >= 11 is 0. The second kappa shape index (κ2) is 6.52. The topological polar surface area (TPSA) is 84.6 Å². The van der Waals surface area contributed by atoms with Gasteiger partial charge in [-0.25, -0.2) is 13.4 Å². The number of fused-ring (bicyclic) bond motifs is 2. The van der Waals surface area contributed by atoms with Crippen LogP contribution in [0.15, 0.2) is 35.6 Å². The van der Waals surface area contributed by atoms with Crippen molar-refractivity contribution in [2.24, 2.45) is 0 Å². The van der Waals surface area contributed by atoms with E-state index in [1.165, 1.54) is 11.8 Å². The molecule has 0 N–H and O–H groups in total. The van der Waals surface area contributed by atoms with Gasteiger partial charge < -0.3 is 0 Å². The van der Waals surface area contributed by atoms with Crippen LogP contribution >= 0.6 is 0 Å². The fourth-order valence-corrected chi connectivity index (χ4v) is 4.93. The summed E-state index contributed by atoms with van der Waals surface area (Å²) in [4.78, 5) is 22.9. The van der Waals surface area contributed by atoms with Gasteiger partial charge in [0.1, 0.15) is 5.65 Å². The first kappa shape index (κ1) is 20.0. The Labute approximate surface area is 175 Å². The lowest BCUT2D eigenvalue weighted by molar-refractivity contribution is -0.137. The number of aromatic nitrogens is 3. The highest BCUT2D eigenvalue weighted by Crippen LogP contribution is 2.41. The molecule has 11 heteroatoms. The zero-order valence-electron chi connectivity index (χ0n) is 16.3. The molecule has 1 amide bonds. The Bertz CT molecular complexity index is 1340. The summed E-state index contributed by atoms with van der Waals surface area (Å²) < 4.78 is 66.3. The molecule has 0 unspecified atom stereocenters. The first-order chi connectivity index (χ1) is 14.6. The van der Waals surface area contributed by atoms with Gasteiger partial charge in [-0.2, -0.15) is 13.2 Å². The van der Waals surface area contributed by atoms with Crippen molar-refractivity contribution < 1.29 is 26.4 Å². The third-order valence-electron chi connectivity index (χ3n) is 5.64. The number of rotatable bonds is 4. The summed E-state index contributed by atoms with van der Waals surface area (Å²) in [5.74, 6) is -0.621. The van der Waals surface area contributed by atoms with Crippen molar-refractivity contribution >= 4 is 27.2 Å². The molecule has 3 aromatic rings. The number of sulfone groups is 1. The number of carbonyl (C=O) groups is 1. The monoisotopic (exact) mass is 450 g/mol. The van der Waals surface area contributed by atoms with Crippen molar-refractivity contribution in [1.82, 2.24) is 14.4 Å². The number of anilines is 1. The number of hydrogen-bond acceptors (Lipinski definition) is 5. The lowest BCUT2D eigenvalue weighted by atomic mass is 10.1. The lowest BCUT2D eigenvalue weighted by Gasteiger charge is -2.14. The van der Waals surface area contributed by atoms with E-state index in [4.69, 9.17) is 0 Å². The number of halogens is 3. The Hall–Kier alpha value is -2.95. The van der Waals surface area contributed by atoms with Crippen LogP contribution in [0.2, 0.25) is 0 Å². The molecule has 7 nitrogen and oxygen atoms in total. The average molecular weight is 450 g/mol. The number of nitrogens with zero attached hydrogens (tertiary/aromatic N) is 4. The van der Waals surface area contributed by atoms with Crippen LogP contribution < -0.4 is 4.90 Å². The van der Waals surface area contributed by atoms with Crippen LogP contribution in [-0.2, 0) is 22.6 Å². The summed E-state index contributed by atoms with van der Waals surface area (Å²) in [7, 11) is -4.02. The minimum atomic E-state index is -4.66. The van der Waals surface area contributed by atoms with Crippen LogP contribution in [0.5, 0.6) is 0 Å². The van der Waals surface area contributed by atoms with Gasteiger partial charge in [0, 0.05) is 12.4 Å². The Morgan fingerprint density at radius 2 is 1.97 bits per heavy atom. The molecule has 0 aromatic carbocycles. The van der Waals surface area contributed by atoms with E-state index in [2.05, 4.69) is 9.97 Å². The zero-order chi connectivity index (χ0) is 22.1. The molecule has 1 aliphatic carbocycles. The van der Waals surface area contributed by atoms with E-state index in [-0.39, 0.29) is 23.8 Å². The molecule has 3 aromatic heterocycles. The van der Waals surface area contributed by atoms with E-state index < -0.39 is 32.5 Å². The maximum absolute atomic E-state index is 13.2. The molecule has 2 aliphatic rings. The summed E-state index contributed by atoms with van der Waals surface area (Å²) in [5.41, 5.74) is 0.813. The summed E-state index contributed by atoms with van der Waals surface area (Å²) in [6, 6.07) is 3.70. The Kier molecular flexibility index (Phi) is 4.20. The fourth-order valence-electron chi connectivity index (χ4n) is 3.78. The molecule has 0 saturated heterocycles. The second-order valence-electron chi connectivity index (χ2n) is 7.72. The summed E-state index contributed by atoms with van der Waals surface area (Å²) in [5, 5.41) is -0.431. The zero-order valence-corrected chi connectivity index (χ0v) is 17.2. The molecule has 0 bridgehead atoms. The van der Waals surface area contributed by atoms with Crippen molar-refractivity contribution in [2.75, 3.05) is 10.7 Å². The number of alkyl halides is 3. The van der Waals surface area contributed by atoms with Crippen molar-refractivity contribution in [3.63, 3.8) is 0 Å². The molecule has 5 rings (SSSR count). The molecule has 0 atom stereocenters. The maximum atomic E-state index is 13.2. The van der Waals surface area contributed by atoms with Crippen LogP contribution in [0.3, 0.4) is 0 Å². The van der Waals surface area contributed by atoms with Gasteiger partial charge in [-0.1, -0.05) is 6.92 Å². The number of pyridine rings is 2. The van der Waals surface area contributed by atoms with Crippen LogP contribution in [-0.4, -0.2) is 34.4 Å². The van der Waals surface area contributed by atoms with Gasteiger partial charge in [0.2, 0.25) is 0 Å². The third kappa shape index (κ3) is 3.18. The van der Waals surface area contributed by atoms with Gasteiger partial charge in [-0.3, -0.25) is 19.1 Å². The smallest absolute Gasteiger partial charge is 0.288 e. The molecule has 1 aliphatic heterocycles. The minimum absolute atomic E-state index is 0.00135. The standard InChI is InChI=1S/C20H17F3N4O3S/c1-2-31(29,30)19-17(25-16-6-5-13(9-26(16)19)20(21,22)23)27-10-15-14(18(27)28)7-12(8-24-15)11-3-4-11/h5-9,11H,2-4,10H2,1H3. The molecule has 1 saturated carbocycles. The van der Waals surface area contributed by atoms with Crippen LogP contribution in [0, 0.1) is 0 Å². The van der Waals surface area contributed by atoms with Gasteiger partial charge in [0.25, 0.3) is 5.91 Å². The van der Waals surface area contributed by atoms with E-state index in [0.29, 0.717) is 23.4 Å².